The molecule has 1 heterocycles. The van der Waals surface area contributed by atoms with Gasteiger partial charge in [-0.15, -0.1) is 0 Å². The molecule has 0 amide bonds. The van der Waals surface area contributed by atoms with Crippen molar-refractivity contribution in [3.05, 3.63) is 30.3 Å². The van der Waals surface area contributed by atoms with Crippen molar-refractivity contribution in [1.29, 1.82) is 0 Å². The zero-order valence-corrected chi connectivity index (χ0v) is 9.71. The van der Waals surface area contributed by atoms with E-state index in [1.165, 1.54) is 44.5 Å². The molecule has 2 N–H and O–H groups in total. The highest BCUT2D eigenvalue weighted by molar-refractivity contribution is 5.44. The van der Waals surface area contributed by atoms with Crippen LogP contribution in [0.3, 0.4) is 0 Å². The van der Waals surface area contributed by atoms with Crippen LogP contribution in [0.5, 0.6) is 0 Å². The average Bonchev–Trinajstić information content (AvgIpc) is 2.30. The third kappa shape index (κ3) is 1.94. The smallest absolute Gasteiger partial charge is 0.0342 e. The van der Waals surface area contributed by atoms with Crippen LogP contribution in [0, 0.1) is 5.41 Å². The molecule has 0 aromatic heterocycles. The molecule has 0 bridgehead atoms. The number of anilines is 1. The van der Waals surface area contributed by atoms with Crippen molar-refractivity contribution in [1.82, 2.24) is 5.32 Å². The molecule has 2 aliphatic rings. The number of nitrogens with one attached hydrogen (secondary N) is 2. The Morgan fingerprint density at radius 3 is 2.44 bits per heavy atom. The minimum Gasteiger partial charge on any atom is -0.382 e. The van der Waals surface area contributed by atoms with Gasteiger partial charge in [-0.1, -0.05) is 18.2 Å². The first-order chi connectivity index (χ1) is 7.86. The van der Waals surface area contributed by atoms with Crippen molar-refractivity contribution < 1.29 is 0 Å². The van der Waals surface area contributed by atoms with E-state index in [2.05, 4.69) is 41.0 Å². The summed E-state index contributed by atoms with van der Waals surface area (Å²) >= 11 is 0. The van der Waals surface area contributed by atoms with Gasteiger partial charge in [-0.2, -0.15) is 0 Å². The van der Waals surface area contributed by atoms with Crippen molar-refractivity contribution in [2.75, 3.05) is 18.4 Å². The molecule has 2 heteroatoms. The van der Waals surface area contributed by atoms with E-state index in [1.54, 1.807) is 0 Å². The predicted octanol–water partition coefficient (Wildman–Crippen LogP) is 2.63. The SMILES string of the molecule is c1ccc(NC2CC3(CCNCC3)C2)cc1. The van der Waals surface area contributed by atoms with Crippen LogP contribution >= 0.6 is 0 Å². The Balaban J connectivity index is 1.53. The maximum absolute atomic E-state index is 3.63. The van der Waals surface area contributed by atoms with E-state index in [1.807, 2.05) is 0 Å². The van der Waals surface area contributed by atoms with Gasteiger partial charge in [0, 0.05) is 11.7 Å². The molecule has 3 rings (SSSR count). The average molecular weight is 216 g/mol. The molecular formula is C14H20N2. The zero-order valence-electron chi connectivity index (χ0n) is 9.71. The summed E-state index contributed by atoms with van der Waals surface area (Å²) in [7, 11) is 0. The number of piperidine rings is 1. The molecule has 1 spiro atoms. The number of hydrogen-bond acceptors (Lipinski definition) is 2. The summed E-state index contributed by atoms with van der Waals surface area (Å²) in [6.45, 7) is 2.44. The summed E-state index contributed by atoms with van der Waals surface area (Å²) in [5.74, 6) is 0. The zero-order chi connectivity index (χ0) is 10.8. The van der Waals surface area contributed by atoms with Crippen LogP contribution in [0.4, 0.5) is 5.69 Å². The highest BCUT2D eigenvalue weighted by Gasteiger charge is 2.44. The lowest BCUT2D eigenvalue weighted by Gasteiger charge is -2.50. The molecule has 0 atom stereocenters. The van der Waals surface area contributed by atoms with E-state index in [0.29, 0.717) is 11.5 Å². The molecule has 86 valence electrons. The van der Waals surface area contributed by atoms with Gasteiger partial charge in [-0.05, 0) is 56.3 Å². The van der Waals surface area contributed by atoms with Crippen molar-refractivity contribution in [2.45, 2.75) is 31.7 Å². The van der Waals surface area contributed by atoms with Crippen LogP contribution in [0.1, 0.15) is 25.7 Å². The van der Waals surface area contributed by atoms with Gasteiger partial charge >= 0.3 is 0 Å². The Kier molecular flexibility index (Phi) is 2.60. The predicted molar refractivity (Wildman–Crippen MR) is 67.6 cm³/mol. The van der Waals surface area contributed by atoms with Gasteiger partial charge < -0.3 is 10.6 Å². The van der Waals surface area contributed by atoms with Crippen LogP contribution in [-0.4, -0.2) is 19.1 Å². The molecule has 16 heavy (non-hydrogen) atoms. The number of rotatable bonds is 2. The first kappa shape index (κ1) is 10.2. The third-order valence-electron chi connectivity index (χ3n) is 4.17. The molecule has 1 aliphatic carbocycles. The first-order valence-corrected chi connectivity index (χ1v) is 6.39. The fourth-order valence-corrected chi connectivity index (χ4v) is 3.22. The summed E-state index contributed by atoms with van der Waals surface area (Å²) in [5, 5.41) is 7.08. The van der Waals surface area contributed by atoms with Crippen LogP contribution in [0.15, 0.2) is 30.3 Å². The van der Waals surface area contributed by atoms with E-state index in [-0.39, 0.29) is 0 Å². The summed E-state index contributed by atoms with van der Waals surface area (Å²) in [6, 6.07) is 11.3. The number of benzene rings is 1. The largest absolute Gasteiger partial charge is 0.382 e. The molecule has 1 saturated carbocycles. The maximum Gasteiger partial charge on any atom is 0.0342 e. The summed E-state index contributed by atoms with van der Waals surface area (Å²) in [4.78, 5) is 0. The quantitative estimate of drug-likeness (QED) is 0.794. The van der Waals surface area contributed by atoms with Crippen LogP contribution in [0.2, 0.25) is 0 Å². The van der Waals surface area contributed by atoms with Crippen molar-refractivity contribution in [3.63, 3.8) is 0 Å². The molecule has 2 fully saturated rings. The Labute approximate surface area is 97.4 Å². The molecule has 1 saturated heterocycles. The summed E-state index contributed by atoms with van der Waals surface area (Å²) in [6.07, 6.45) is 5.48. The molecule has 0 radical (unpaired) electrons. The summed E-state index contributed by atoms with van der Waals surface area (Å²) in [5.41, 5.74) is 1.95. The third-order valence-corrected chi connectivity index (χ3v) is 4.17. The molecule has 1 aromatic carbocycles. The first-order valence-electron chi connectivity index (χ1n) is 6.39. The molecule has 1 aromatic rings. The number of para-hydroxylation sites is 1. The second-order valence-corrected chi connectivity index (χ2v) is 5.37. The van der Waals surface area contributed by atoms with Gasteiger partial charge in [-0.3, -0.25) is 0 Å². The Bertz CT molecular complexity index is 333. The summed E-state index contributed by atoms with van der Waals surface area (Å²) < 4.78 is 0. The van der Waals surface area contributed by atoms with Gasteiger partial charge in [0.1, 0.15) is 0 Å². The van der Waals surface area contributed by atoms with Crippen molar-refractivity contribution in [2.24, 2.45) is 5.41 Å². The lowest BCUT2D eigenvalue weighted by molar-refractivity contribution is 0.0719. The Morgan fingerprint density at radius 2 is 1.75 bits per heavy atom. The normalized spacial score (nSPS) is 24.0. The van der Waals surface area contributed by atoms with E-state index >= 15 is 0 Å². The molecule has 0 unspecified atom stereocenters. The molecular weight excluding hydrogens is 196 g/mol. The van der Waals surface area contributed by atoms with Gasteiger partial charge in [0.05, 0.1) is 0 Å². The topological polar surface area (TPSA) is 24.1 Å². The molecule has 1 aliphatic heterocycles. The lowest BCUT2D eigenvalue weighted by atomic mass is 9.60. The van der Waals surface area contributed by atoms with E-state index in [0.717, 1.165) is 0 Å². The van der Waals surface area contributed by atoms with Crippen LogP contribution in [0.25, 0.3) is 0 Å². The number of hydrogen-bond donors (Lipinski definition) is 2. The van der Waals surface area contributed by atoms with Crippen molar-refractivity contribution >= 4 is 5.69 Å². The van der Waals surface area contributed by atoms with Crippen LogP contribution in [-0.2, 0) is 0 Å². The van der Waals surface area contributed by atoms with E-state index in [9.17, 15) is 0 Å². The minimum atomic E-state index is 0.678. The van der Waals surface area contributed by atoms with E-state index < -0.39 is 0 Å². The Hall–Kier alpha value is -1.02. The second-order valence-electron chi connectivity index (χ2n) is 5.37. The second kappa shape index (κ2) is 4.10. The fraction of sp³-hybridized carbons (Fsp3) is 0.571. The van der Waals surface area contributed by atoms with Gasteiger partial charge in [0.15, 0.2) is 0 Å². The van der Waals surface area contributed by atoms with Gasteiger partial charge in [0.25, 0.3) is 0 Å². The Morgan fingerprint density at radius 1 is 1.06 bits per heavy atom. The molecule has 2 nitrogen and oxygen atoms in total. The lowest BCUT2D eigenvalue weighted by Crippen LogP contribution is -2.50. The van der Waals surface area contributed by atoms with Crippen LogP contribution < -0.4 is 10.6 Å². The minimum absolute atomic E-state index is 0.678. The van der Waals surface area contributed by atoms with Crippen molar-refractivity contribution in [3.8, 4) is 0 Å². The van der Waals surface area contributed by atoms with Gasteiger partial charge in [-0.25, -0.2) is 0 Å². The highest BCUT2D eigenvalue weighted by Crippen LogP contribution is 2.48. The monoisotopic (exact) mass is 216 g/mol. The fourth-order valence-electron chi connectivity index (χ4n) is 3.22. The maximum atomic E-state index is 3.63. The standard InChI is InChI=1S/C14H20N2/c1-2-4-12(5-3-1)16-13-10-14(11-13)6-8-15-9-7-14/h1-5,13,15-16H,6-11H2. The van der Waals surface area contributed by atoms with E-state index in [4.69, 9.17) is 0 Å². The highest BCUT2D eigenvalue weighted by atomic mass is 15.0. The van der Waals surface area contributed by atoms with Gasteiger partial charge in [0.2, 0.25) is 0 Å².